The molecule has 1 heterocycles. The van der Waals surface area contributed by atoms with Gasteiger partial charge in [0, 0.05) is 12.8 Å². The first-order chi connectivity index (χ1) is 21.7. The van der Waals surface area contributed by atoms with Gasteiger partial charge in [0.15, 0.2) is 0 Å². The fourth-order valence-corrected chi connectivity index (χ4v) is 5.27. The average Bonchev–Trinajstić information content (AvgIpc) is 2.94. The summed E-state index contributed by atoms with van der Waals surface area (Å²) in [5, 5.41) is 94.8. The van der Waals surface area contributed by atoms with Crippen molar-refractivity contribution in [3.05, 3.63) is 60.3 Å². The van der Waals surface area contributed by atoms with Crippen LogP contribution in [0.15, 0.2) is 60.3 Å². The molecule has 0 aliphatic carbocycles. The van der Waals surface area contributed by atoms with Gasteiger partial charge < -0.3 is 50.7 Å². The average molecular weight is 655 g/mol. The van der Waals surface area contributed by atoms with Crippen molar-refractivity contribution in [2.75, 3.05) is 0 Å². The molecule has 0 spiro atoms. The summed E-state index contributed by atoms with van der Waals surface area (Å²) in [5.74, 6) is -2.33. The standard InChI is InChI=1S/C35H58O11/c1-4-5-11-16-31(42)34-33(44)22-29(40)20-27(38)18-25(36)17-26(37)19-28(39)21-32(43)23(2)14-12-9-7-6-8-10-13-15-30(41)24(3)46-35(34)45/h6-10,12-15,24-34,36-44H,4-5,11,16-22H2,1-3H3/b7-6?,10-8-,12-9?,15-13?,23-14-/t24-,25-,26+,27-,28+,29-,30-,31+,32+,33-,34-/m0/s1. The van der Waals surface area contributed by atoms with E-state index in [4.69, 9.17) is 4.74 Å². The quantitative estimate of drug-likeness (QED) is 0.154. The van der Waals surface area contributed by atoms with Gasteiger partial charge in [-0.1, -0.05) is 80.9 Å². The van der Waals surface area contributed by atoms with Gasteiger partial charge in [-0.25, -0.2) is 0 Å². The predicted octanol–water partition coefficient (Wildman–Crippen LogP) is 1.89. The third-order valence-electron chi connectivity index (χ3n) is 8.03. The van der Waals surface area contributed by atoms with E-state index in [1.807, 2.05) is 6.92 Å². The lowest BCUT2D eigenvalue weighted by Gasteiger charge is -2.29. The predicted molar refractivity (Wildman–Crippen MR) is 175 cm³/mol. The number of carbonyl (C=O) groups is 1. The van der Waals surface area contributed by atoms with Gasteiger partial charge in [-0.15, -0.1) is 0 Å². The van der Waals surface area contributed by atoms with E-state index < -0.39 is 72.9 Å². The van der Waals surface area contributed by atoms with Crippen molar-refractivity contribution in [3.8, 4) is 0 Å². The van der Waals surface area contributed by atoms with E-state index in [2.05, 4.69) is 0 Å². The van der Waals surface area contributed by atoms with E-state index in [1.54, 1.807) is 55.5 Å². The van der Waals surface area contributed by atoms with Crippen molar-refractivity contribution in [1.82, 2.24) is 0 Å². The smallest absolute Gasteiger partial charge is 0.314 e. The van der Waals surface area contributed by atoms with Gasteiger partial charge >= 0.3 is 5.97 Å². The Bertz CT molecular complexity index is 991. The number of esters is 1. The van der Waals surface area contributed by atoms with Gasteiger partial charge in [-0.05, 0) is 51.5 Å². The second-order valence-electron chi connectivity index (χ2n) is 12.4. The normalized spacial score (nSPS) is 36.5. The van der Waals surface area contributed by atoms with Crippen LogP contribution >= 0.6 is 0 Å². The summed E-state index contributed by atoms with van der Waals surface area (Å²) in [6.45, 7) is 5.18. The molecule has 11 nitrogen and oxygen atoms in total. The number of allylic oxidation sites excluding steroid dienone is 8. The highest BCUT2D eigenvalue weighted by molar-refractivity contribution is 5.74. The lowest BCUT2D eigenvalue weighted by atomic mass is 9.87. The fraction of sp³-hybridized carbons (Fsp3) is 0.686. The van der Waals surface area contributed by atoms with Crippen molar-refractivity contribution in [3.63, 3.8) is 0 Å². The van der Waals surface area contributed by atoms with Crippen molar-refractivity contribution in [2.24, 2.45) is 5.92 Å². The van der Waals surface area contributed by atoms with Crippen LogP contribution in [0.3, 0.4) is 0 Å². The number of aliphatic hydroxyl groups excluding tert-OH is 9. The van der Waals surface area contributed by atoms with Crippen LogP contribution in [0.25, 0.3) is 0 Å². The molecule has 0 unspecified atom stereocenters. The molecular weight excluding hydrogens is 596 g/mol. The van der Waals surface area contributed by atoms with E-state index in [9.17, 15) is 50.8 Å². The van der Waals surface area contributed by atoms with Gasteiger partial charge in [0.05, 0.1) is 48.8 Å². The van der Waals surface area contributed by atoms with Crippen molar-refractivity contribution < 1.29 is 55.5 Å². The first kappa shape index (κ1) is 41.8. The lowest BCUT2D eigenvalue weighted by molar-refractivity contribution is -0.168. The van der Waals surface area contributed by atoms with Crippen LogP contribution in [-0.2, 0) is 9.53 Å². The lowest BCUT2D eigenvalue weighted by Crippen LogP contribution is -2.43. The minimum Gasteiger partial charge on any atom is -0.459 e. The number of ether oxygens (including phenoxy) is 1. The van der Waals surface area contributed by atoms with Crippen LogP contribution in [0, 0.1) is 5.92 Å². The third-order valence-corrected chi connectivity index (χ3v) is 8.03. The van der Waals surface area contributed by atoms with Gasteiger partial charge in [-0.2, -0.15) is 0 Å². The van der Waals surface area contributed by atoms with Crippen LogP contribution in [0.1, 0.15) is 85.0 Å². The largest absolute Gasteiger partial charge is 0.459 e. The van der Waals surface area contributed by atoms with Crippen LogP contribution in [0.2, 0.25) is 0 Å². The summed E-state index contributed by atoms with van der Waals surface area (Å²) in [4.78, 5) is 13.1. The Morgan fingerprint density at radius 3 is 1.74 bits per heavy atom. The van der Waals surface area contributed by atoms with Crippen LogP contribution in [0.4, 0.5) is 0 Å². The monoisotopic (exact) mass is 654 g/mol. The molecule has 11 heteroatoms. The molecule has 0 radical (unpaired) electrons. The number of aliphatic hydroxyl groups is 9. The van der Waals surface area contributed by atoms with E-state index in [0.717, 1.165) is 12.8 Å². The Hall–Kier alpha value is -2.19. The molecule has 0 aromatic heterocycles. The summed E-state index contributed by atoms with van der Waals surface area (Å²) in [6, 6.07) is 0. The zero-order valence-corrected chi connectivity index (χ0v) is 27.5. The van der Waals surface area contributed by atoms with Crippen molar-refractivity contribution in [1.29, 1.82) is 0 Å². The SMILES string of the molecule is CCCCC[C@@H](O)[C@@H]1C(=O)O[C@@H](C)[C@@H](O)C=C/C=C\C=CC=C/C=C(/C)[C@H](O)C[C@H](O)C[C@H](O)C[C@H](O)C[C@H](O)C[C@H](O)C[C@@H]1O. The molecule has 0 aromatic rings. The van der Waals surface area contributed by atoms with Crippen molar-refractivity contribution in [2.45, 2.75) is 146 Å². The second-order valence-corrected chi connectivity index (χ2v) is 12.4. The van der Waals surface area contributed by atoms with E-state index in [0.29, 0.717) is 12.0 Å². The molecule has 0 amide bonds. The maximum atomic E-state index is 13.1. The Balaban J connectivity index is 3.14. The summed E-state index contributed by atoms with van der Waals surface area (Å²) >= 11 is 0. The highest BCUT2D eigenvalue weighted by Crippen LogP contribution is 2.24. The highest BCUT2D eigenvalue weighted by atomic mass is 16.6. The zero-order valence-electron chi connectivity index (χ0n) is 27.5. The van der Waals surface area contributed by atoms with Gasteiger partial charge in [0.25, 0.3) is 0 Å². The van der Waals surface area contributed by atoms with Gasteiger partial charge in [0.2, 0.25) is 0 Å². The highest BCUT2D eigenvalue weighted by Gasteiger charge is 2.37. The summed E-state index contributed by atoms with van der Waals surface area (Å²) < 4.78 is 5.42. The number of unbranched alkanes of at least 4 members (excludes halogenated alkanes) is 2. The molecule has 1 aliphatic rings. The third kappa shape index (κ3) is 17.7. The maximum Gasteiger partial charge on any atom is 0.314 e. The van der Waals surface area contributed by atoms with Crippen LogP contribution in [0.5, 0.6) is 0 Å². The van der Waals surface area contributed by atoms with E-state index >= 15 is 0 Å². The summed E-state index contributed by atoms with van der Waals surface area (Å²) in [5.41, 5.74) is 0.609. The Morgan fingerprint density at radius 2 is 1.20 bits per heavy atom. The minimum absolute atomic E-state index is 0.0162. The minimum atomic E-state index is -1.52. The molecule has 46 heavy (non-hydrogen) atoms. The number of rotatable bonds is 5. The molecular formula is C35H58O11. The first-order valence-electron chi connectivity index (χ1n) is 16.4. The summed E-state index contributed by atoms with van der Waals surface area (Å²) in [7, 11) is 0. The number of carbonyl (C=O) groups excluding carboxylic acids is 1. The molecule has 0 fully saturated rings. The first-order valence-corrected chi connectivity index (χ1v) is 16.4. The van der Waals surface area contributed by atoms with Crippen LogP contribution in [-0.4, -0.2) is 113 Å². The molecule has 1 rings (SSSR count). The van der Waals surface area contributed by atoms with Crippen LogP contribution < -0.4 is 0 Å². The molecule has 264 valence electrons. The van der Waals surface area contributed by atoms with Crippen molar-refractivity contribution >= 4 is 5.97 Å². The Kier molecular flexibility index (Phi) is 21.1. The van der Waals surface area contributed by atoms with E-state index in [-0.39, 0.29) is 44.9 Å². The maximum absolute atomic E-state index is 13.1. The van der Waals surface area contributed by atoms with Gasteiger partial charge in [-0.3, -0.25) is 4.79 Å². The number of cyclic esters (lactones) is 1. The molecule has 11 atom stereocenters. The molecule has 1 aliphatic heterocycles. The molecule has 0 bridgehead atoms. The molecule has 0 aromatic carbocycles. The Labute approximate surface area is 273 Å². The summed E-state index contributed by atoms with van der Waals surface area (Å²) in [6.07, 6.45) is 4.69. The van der Waals surface area contributed by atoms with E-state index in [1.165, 1.54) is 13.0 Å². The topological polar surface area (TPSA) is 208 Å². The van der Waals surface area contributed by atoms with Gasteiger partial charge in [0.1, 0.15) is 18.1 Å². The Morgan fingerprint density at radius 1 is 0.717 bits per heavy atom. The number of hydrogen-bond donors (Lipinski definition) is 9. The second kappa shape index (κ2) is 23.2. The molecule has 0 saturated carbocycles. The number of hydrogen-bond acceptors (Lipinski definition) is 11. The fourth-order valence-electron chi connectivity index (χ4n) is 5.27. The zero-order chi connectivity index (χ0) is 34.6. The molecule has 0 saturated heterocycles. The molecule has 9 N–H and O–H groups in total.